The maximum atomic E-state index is 6.82. The van der Waals surface area contributed by atoms with Gasteiger partial charge in [-0.1, -0.05) is 96.9 Å². The molecule has 0 saturated carbocycles. The van der Waals surface area contributed by atoms with Crippen molar-refractivity contribution in [2.24, 2.45) is 17.8 Å². The minimum Gasteiger partial charge on any atom is -0.487 e. The van der Waals surface area contributed by atoms with Crippen molar-refractivity contribution < 1.29 is 4.74 Å². The van der Waals surface area contributed by atoms with Crippen LogP contribution in [0, 0.1) is 31.6 Å². The van der Waals surface area contributed by atoms with Crippen LogP contribution in [0.15, 0.2) is 54.7 Å². The van der Waals surface area contributed by atoms with Gasteiger partial charge in [0.2, 0.25) is 0 Å². The summed E-state index contributed by atoms with van der Waals surface area (Å²) < 4.78 is 6.82. The highest BCUT2D eigenvalue weighted by molar-refractivity contribution is 5.85. The zero-order valence-corrected chi connectivity index (χ0v) is 27.1. The lowest BCUT2D eigenvalue weighted by Gasteiger charge is -2.37. The number of aryl methyl sites for hydroxylation is 3. The van der Waals surface area contributed by atoms with Crippen molar-refractivity contribution in [3.63, 3.8) is 0 Å². The molecule has 0 saturated heterocycles. The van der Waals surface area contributed by atoms with E-state index in [0.717, 1.165) is 48.5 Å². The van der Waals surface area contributed by atoms with E-state index in [2.05, 4.69) is 95.9 Å². The van der Waals surface area contributed by atoms with Gasteiger partial charge >= 0.3 is 0 Å². The summed E-state index contributed by atoms with van der Waals surface area (Å²) in [5.74, 6) is 3.65. The lowest BCUT2D eigenvalue weighted by atomic mass is 9.84. The fourth-order valence-corrected chi connectivity index (χ4v) is 6.77. The first-order valence-electron chi connectivity index (χ1n) is 16.5. The molecule has 3 aromatic rings. The van der Waals surface area contributed by atoms with Gasteiger partial charge in [-0.15, -0.1) is 0 Å². The van der Waals surface area contributed by atoms with Gasteiger partial charge in [-0.25, -0.2) is 0 Å². The molecular weight excluding hydrogens is 498 g/mol. The summed E-state index contributed by atoms with van der Waals surface area (Å²) in [6.45, 7) is 16.3. The lowest BCUT2D eigenvalue weighted by Crippen LogP contribution is -2.36. The summed E-state index contributed by atoms with van der Waals surface area (Å²) in [6, 6.07) is 17.4. The van der Waals surface area contributed by atoms with Crippen molar-refractivity contribution in [1.82, 2.24) is 4.98 Å². The number of ether oxygens (including phenoxy) is 1. The number of pyridine rings is 1. The fraction of sp³-hybridized carbons (Fsp3) is 0.564. The van der Waals surface area contributed by atoms with Crippen LogP contribution in [-0.4, -0.2) is 10.6 Å². The van der Waals surface area contributed by atoms with Crippen molar-refractivity contribution >= 4 is 0 Å². The first kappa shape index (κ1) is 31.3. The molecular formula is C39H55NO. The molecule has 2 heterocycles. The van der Waals surface area contributed by atoms with Crippen LogP contribution in [-0.2, 0) is 6.42 Å². The van der Waals surface area contributed by atoms with Crippen LogP contribution in [0.1, 0.15) is 116 Å². The summed E-state index contributed by atoms with van der Waals surface area (Å²) in [4.78, 5) is 4.68. The second kappa shape index (κ2) is 14.5. The monoisotopic (exact) mass is 553 g/mol. The SMILES string of the molecule is Cc1cc(-c2cccc(C)c2-c2ccccn2)cc2c1O[C@](C)(CCC[C@H](C)CCC[C@H](C)CCCC(C)C)CC2. The molecule has 222 valence electrons. The molecule has 4 rings (SSSR count). The topological polar surface area (TPSA) is 22.1 Å². The number of fused-ring (bicyclic) bond motifs is 1. The van der Waals surface area contributed by atoms with Crippen LogP contribution in [0.3, 0.4) is 0 Å². The minimum atomic E-state index is -0.0631. The van der Waals surface area contributed by atoms with Gasteiger partial charge in [0.05, 0.1) is 5.69 Å². The predicted molar refractivity (Wildman–Crippen MR) is 177 cm³/mol. The van der Waals surface area contributed by atoms with E-state index in [9.17, 15) is 0 Å². The van der Waals surface area contributed by atoms with Crippen molar-refractivity contribution in [3.8, 4) is 28.1 Å². The summed E-state index contributed by atoms with van der Waals surface area (Å²) in [5, 5.41) is 0. The molecule has 1 aromatic heterocycles. The Morgan fingerprint density at radius 3 is 2.20 bits per heavy atom. The van der Waals surface area contributed by atoms with Gasteiger partial charge in [-0.05, 0) is 116 Å². The third kappa shape index (κ3) is 8.69. The highest BCUT2D eigenvalue weighted by atomic mass is 16.5. The molecule has 0 radical (unpaired) electrons. The van der Waals surface area contributed by atoms with Crippen molar-refractivity contribution in [3.05, 3.63) is 71.4 Å². The highest BCUT2D eigenvalue weighted by Gasteiger charge is 2.32. The maximum Gasteiger partial charge on any atom is 0.126 e. The molecule has 0 amide bonds. The zero-order valence-electron chi connectivity index (χ0n) is 27.1. The first-order valence-corrected chi connectivity index (χ1v) is 16.5. The molecule has 0 fully saturated rings. The molecule has 3 atom stereocenters. The molecule has 0 N–H and O–H groups in total. The first-order chi connectivity index (χ1) is 19.6. The Morgan fingerprint density at radius 1 is 0.805 bits per heavy atom. The van der Waals surface area contributed by atoms with Crippen LogP contribution in [0.5, 0.6) is 5.75 Å². The Morgan fingerprint density at radius 2 is 1.51 bits per heavy atom. The molecule has 2 nitrogen and oxygen atoms in total. The van der Waals surface area contributed by atoms with Crippen LogP contribution in [0.4, 0.5) is 0 Å². The molecule has 0 bridgehead atoms. The second-order valence-corrected chi connectivity index (χ2v) is 13.9. The zero-order chi connectivity index (χ0) is 29.4. The van der Waals surface area contributed by atoms with Crippen LogP contribution >= 0.6 is 0 Å². The van der Waals surface area contributed by atoms with Crippen molar-refractivity contribution in [1.29, 1.82) is 0 Å². The van der Waals surface area contributed by atoms with E-state index in [-0.39, 0.29) is 5.60 Å². The van der Waals surface area contributed by atoms with E-state index in [1.807, 2.05) is 12.3 Å². The Balaban J connectivity index is 1.33. The summed E-state index contributed by atoms with van der Waals surface area (Å²) >= 11 is 0. The lowest BCUT2D eigenvalue weighted by molar-refractivity contribution is 0.0516. The van der Waals surface area contributed by atoms with Gasteiger partial charge in [0, 0.05) is 11.8 Å². The van der Waals surface area contributed by atoms with E-state index in [1.54, 1.807) is 0 Å². The van der Waals surface area contributed by atoms with E-state index in [4.69, 9.17) is 4.74 Å². The molecule has 41 heavy (non-hydrogen) atoms. The molecule has 2 heteroatoms. The van der Waals surface area contributed by atoms with E-state index in [0.29, 0.717) is 0 Å². The number of hydrogen-bond acceptors (Lipinski definition) is 2. The number of benzene rings is 2. The highest BCUT2D eigenvalue weighted by Crippen LogP contribution is 2.42. The van der Waals surface area contributed by atoms with Gasteiger partial charge in [-0.2, -0.15) is 0 Å². The number of aromatic nitrogens is 1. The normalized spacial score (nSPS) is 18.1. The average molecular weight is 554 g/mol. The van der Waals surface area contributed by atoms with Crippen molar-refractivity contribution in [2.45, 2.75) is 125 Å². The summed E-state index contributed by atoms with van der Waals surface area (Å²) in [7, 11) is 0. The van der Waals surface area contributed by atoms with Crippen LogP contribution in [0.25, 0.3) is 22.4 Å². The number of nitrogens with zero attached hydrogens (tertiary/aromatic N) is 1. The summed E-state index contributed by atoms with van der Waals surface area (Å²) in [5.41, 5.74) is 8.56. The number of hydrogen-bond donors (Lipinski definition) is 0. The van der Waals surface area contributed by atoms with E-state index >= 15 is 0 Å². The Kier molecular flexibility index (Phi) is 11.1. The predicted octanol–water partition coefficient (Wildman–Crippen LogP) is 11.6. The third-order valence-corrected chi connectivity index (χ3v) is 9.40. The molecule has 0 unspecified atom stereocenters. The molecule has 0 aliphatic carbocycles. The largest absolute Gasteiger partial charge is 0.487 e. The smallest absolute Gasteiger partial charge is 0.126 e. The van der Waals surface area contributed by atoms with Gasteiger partial charge < -0.3 is 4.74 Å². The standard InChI is InChI=1S/C39H55NO/c1-28(2)14-10-15-29(3)16-11-17-30(4)18-13-23-39(7)24-22-33-27-34(26-32(6)38(33)41-39)35-20-12-19-31(5)37(35)36-21-8-9-25-40-36/h8-9,12,19-21,25-30H,10-11,13-18,22-24H2,1-7H3/t29-,30-,39-/m1/s1. The number of rotatable bonds is 14. The Hall–Kier alpha value is -2.61. The molecule has 0 spiro atoms. The van der Waals surface area contributed by atoms with Gasteiger partial charge in [-0.3, -0.25) is 4.98 Å². The summed E-state index contributed by atoms with van der Waals surface area (Å²) in [6.07, 6.45) is 16.1. The quantitative estimate of drug-likeness (QED) is 0.198. The second-order valence-electron chi connectivity index (χ2n) is 13.9. The van der Waals surface area contributed by atoms with Gasteiger partial charge in [0.25, 0.3) is 0 Å². The van der Waals surface area contributed by atoms with Crippen LogP contribution < -0.4 is 4.74 Å². The Labute approximate surface area is 251 Å². The minimum absolute atomic E-state index is 0.0631. The van der Waals surface area contributed by atoms with Crippen molar-refractivity contribution in [2.75, 3.05) is 0 Å². The van der Waals surface area contributed by atoms with Crippen LogP contribution in [0.2, 0.25) is 0 Å². The van der Waals surface area contributed by atoms with E-state index in [1.165, 1.54) is 84.7 Å². The average Bonchev–Trinajstić information content (AvgIpc) is 2.93. The van der Waals surface area contributed by atoms with Gasteiger partial charge in [0.15, 0.2) is 0 Å². The molecule has 1 aliphatic rings. The fourth-order valence-electron chi connectivity index (χ4n) is 6.77. The molecule has 1 aliphatic heterocycles. The van der Waals surface area contributed by atoms with E-state index < -0.39 is 0 Å². The third-order valence-electron chi connectivity index (χ3n) is 9.40. The Bertz CT molecular complexity index is 1250. The molecule has 2 aromatic carbocycles. The van der Waals surface area contributed by atoms with Gasteiger partial charge in [0.1, 0.15) is 11.4 Å². The maximum absolute atomic E-state index is 6.82.